The molecule has 0 bridgehead atoms. The van der Waals surface area contributed by atoms with E-state index in [0.717, 1.165) is 0 Å². The highest BCUT2D eigenvalue weighted by atomic mass is 19.4. The number of alkyl halides is 3. The first-order valence-electron chi connectivity index (χ1n) is 4.75. The molecule has 2 rings (SSSR count). The molecule has 2 aromatic rings. The number of nitrogens with zero attached hydrogens (tertiary/aromatic N) is 1. The molecule has 2 N–H and O–H groups in total. The molecule has 1 aromatic carbocycles. The highest BCUT2D eigenvalue weighted by Gasteiger charge is 2.38. The zero-order valence-corrected chi connectivity index (χ0v) is 8.51. The van der Waals surface area contributed by atoms with Crippen LogP contribution in [0.1, 0.15) is 5.69 Å². The normalized spacial score (nSPS) is 11.7. The minimum Gasteiger partial charge on any atom is -0.343 e. The Kier molecular flexibility index (Phi) is 2.74. The van der Waals surface area contributed by atoms with Crippen molar-refractivity contribution >= 4 is 16.8 Å². The molecule has 1 heterocycles. The van der Waals surface area contributed by atoms with Gasteiger partial charge in [-0.15, -0.1) is 0 Å². The smallest absolute Gasteiger partial charge is 0.343 e. The Balaban J connectivity index is 2.12. The molecular formula is C10H8F3N3O. The molecule has 0 saturated carbocycles. The van der Waals surface area contributed by atoms with Crippen LogP contribution in [0, 0.1) is 0 Å². The van der Waals surface area contributed by atoms with Gasteiger partial charge in [0.15, 0.2) is 0 Å². The minimum atomic E-state index is -4.87. The second-order valence-corrected chi connectivity index (χ2v) is 3.40. The van der Waals surface area contributed by atoms with Crippen LogP contribution in [0.4, 0.5) is 13.2 Å². The van der Waals surface area contributed by atoms with E-state index in [1.165, 1.54) is 0 Å². The maximum absolute atomic E-state index is 12.0. The van der Waals surface area contributed by atoms with Crippen LogP contribution in [-0.2, 0) is 11.3 Å². The van der Waals surface area contributed by atoms with Gasteiger partial charge in [0.1, 0.15) is 0 Å². The lowest BCUT2D eigenvalue weighted by molar-refractivity contribution is -0.173. The number of halogens is 3. The van der Waals surface area contributed by atoms with Crippen molar-refractivity contribution < 1.29 is 18.0 Å². The van der Waals surface area contributed by atoms with Crippen LogP contribution in [-0.4, -0.2) is 22.3 Å². The fourth-order valence-corrected chi connectivity index (χ4v) is 1.42. The van der Waals surface area contributed by atoms with Crippen LogP contribution in [0.25, 0.3) is 10.9 Å². The first kappa shape index (κ1) is 11.4. The van der Waals surface area contributed by atoms with Crippen molar-refractivity contribution in [1.29, 1.82) is 0 Å². The maximum Gasteiger partial charge on any atom is 0.471 e. The van der Waals surface area contributed by atoms with Gasteiger partial charge in [0.2, 0.25) is 0 Å². The topological polar surface area (TPSA) is 57.8 Å². The third kappa shape index (κ3) is 2.38. The number of aromatic amines is 1. The van der Waals surface area contributed by atoms with Gasteiger partial charge < -0.3 is 5.32 Å². The van der Waals surface area contributed by atoms with Gasteiger partial charge in [-0.3, -0.25) is 9.89 Å². The molecule has 90 valence electrons. The number of carbonyl (C=O) groups is 1. The molecular weight excluding hydrogens is 235 g/mol. The zero-order valence-electron chi connectivity index (χ0n) is 8.51. The first-order chi connectivity index (χ1) is 7.98. The van der Waals surface area contributed by atoms with E-state index >= 15 is 0 Å². The van der Waals surface area contributed by atoms with Gasteiger partial charge in [-0.1, -0.05) is 18.2 Å². The Morgan fingerprint density at radius 1 is 1.35 bits per heavy atom. The number of carbonyl (C=O) groups excluding carboxylic acids is 1. The number of H-pyrrole nitrogens is 1. The van der Waals surface area contributed by atoms with Gasteiger partial charge in [-0.2, -0.15) is 18.3 Å². The Labute approximate surface area is 93.8 Å². The van der Waals surface area contributed by atoms with Crippen molar-refractivity contribution in [2.24, 2.45) is 0 Å². The lowest BCUT2D eigenvalue weighted by atomic mass is 10.2. The fraction of sp³-hybridized carbons (Fsp3) is 0.200. The highest BCUT2D eigenvalue weighted by molar-refractivity contribution is 5.84. The summed E-state index contributed by atoms with van der Waals surface area (Å²) >= 11 is 0. The molecule has 7 heteroatoms. The van der Waals surface area contributed by atoms with Gasteiger partial charge in [-0.05, 0) is 6.07 Å². The van der Waals surface area contributed by atoms with Crippen molar-refractivity contribution in [1.82, 2.24) is 15.5 Å². The number of aromatic nitrogens is 2. The summed E-state index contributed by atoms with van der Waals surface area (Å²) in [6, 6.07) is 6.95. The van der Waals surface area contributed by atoms with E-state index in [1.807, 2.05) is 0 Å². The number of hydrogen-bond donors (Lipinski definition) is 2. The molecule has 1 amide bonds. The van der Waals surface area contributed by atoms with Crippen LogP contribution in [0.3, 0.4) is 0 Å². The van der Waals surface area contributed by atoms with E-state index in [-0.39, 0.29) is 6.54 Å². The maximum atomic E-state index is 12.0. The number of nitrogens with one attached hydrogen (secondary N) is 2. The molecule has 0 aliphatic rings. The first-order valence-corrected chi connectivity index (χ1v) is 4.75. The lowest BCUT2D eigenvalue weighted by Crippen LogP contribution is -2.36. The van der Waals surface area contributed by atoms with Crippen molar-refractivity contribution in [2.45, 2.75) is 12.7 Å². The van der Waals surface area contributed by atoms with Crippen molar-refractivity contribution in [3.63, 3.8) is 0 Å². The van der Waals surface area contributed by atoms with Gasteiger partial charge >= 0.3 is 12.1 Å². The van der Waals surface area contributed by atoms with Gasteiger partial charge in [0.25, 0.3) is 0 Å². The monoisotopic (exact) mass is 243 g/mol. The summed E-state index contributed by atoms with van der Waals surface area (Å²) in [5.41, 5.74) is 1.09. The van der Waals surface area contributed by atoms with Crippen LogP contribution in [0.5, 0.6) is 0 Å². The summed E-state index contributed by atoms with van der Waals surface area (Å²) in [6.07, 6.45) is -4.87. The number of rotatable bonds is 2. The lowest BCUT2D eigenvalue weighted by Gasteiger charge is -2.06. The largest absolute Gasteiger partial charge is 0.471 e. The predicted molar refractivity (Wildman–Crippen MR) is 54.0 cm³/mol. The van der Waals surface area contributed by atoms with Gasteiger partial charge in [-0.25, -0.2) is 0 Å². The average Bonchev–Trinajstić information content (AvgIpc) is 2.68. The molecule has 0 aliphatic carbocycles. The Morgan fingerprint density at radius 2 is 2.06 bits per heavy atom. The third-order valence-electron chi connectivity index (χ3n) is 2.22. The van der Waals surface area contributed by atoms with Crippen LogP contribution >= 0.6 is 0 Å². The molecule has 0 atom stereocenters. The number of hydrogen-bond acceptors (Lipinski definition) is 2. The quantitative estimate of drug-likeness (QED) is 0.844. The standard InChI is InChI=1S/C10H8F3N3O/c11-10(12,13)9(17)14-5-8-6-3-1-2-4-7(6)15-16-8/h1-4H,5H2,(H,14,17)(H,15,16). The minimum absolute atomic E-state index is 0.237. The van der Waals surface area contributed by atoms with Crippen LogP contribution in [0.2, 0.25) is 0 Å². The van der Waals surface area contributed by atoms with Crippen molar-refractivity contribution in [3.05, 3.63) is 30.0 Å². The summed E-state index contributed by atoms with van der Waals surface area (Å²) in [7, 11) is 0. The van der Waals surface area contributed by atoms with Gasteiger partial charge in [0.05, 0.1) is 17.8 Å². The van der Waals surface area contributed by atoms with E-state index < -0.39 is 12.1 Å². The van der Waals surface area contributed by atoms with E-state index in [2.05, 4.69) is 10.2 Å². The summed E-state index contributed by atoms with van der Waals surface area (Å²) in [5, 5.41) is 8.96. The SMILES string of the molecule is O=C(NCc1[nH]nc2ccccc12)C(F)(F)F. The molecule has 0 aliphatic heterocycles. The van der Waals surface area contributed by atoms with E-state index in [4.69, 9.17) is 0 Å². The second-order valence-electron chi connectivity index (χ2n) is 3.40. The molecule has 1 aromatic heterocycles. The fourth-order valence-electron chi connectivity index (χ4n) is 1.42. The summed E-state index contributed by atoms with van der Waals surface area (Å²) < 4.78 is 35.9. The third-order valence-corrected chi connectivity index (χ3v) is 2.22. The number of fused-ring (bicyclic) bond motifs is 1. The number of para-hydroxylation sites is 1. The Bertz CT molecular complexity index is 547. The Hall–Kier alpha value is -2.05. The molecule has 0 spiro atoms. The summed E-state index contributed by atoms with van der Waals surface area (Å²) in [6.45, 7) is -0.237. The molecule has 17 heavy (non-hydrogen) atoms. The second kappa shape index (κ2) is 4.08. The van der Waals surface area contributed by atoms with E-state index in [9.17, 15) is 18.0 Å². The number of benzene rings is 1. The highest BCUT2D eigenvalue weighted by Crippen LogP contribution is 2.17. The molecule has 0 radical (unpaired) electrons. The van der Waals surface area contributed by atoms with E-state index in [1.54, 1.807) is 29.6 Å². The van der Waals surface area contributed by atoms with Gasteiger partial charge in [0, 0.05) is 5.39 Å². The predicted octanol–water partition coefficient (Wildman–Crippen LogP) is 1.74. The summed E-state index contributed by atoms with van der Waals surface area (Å²) in [5.74, 6) is -1.96. The molecule has 0 unspecified atom stereocenters. The molecule has 0 fully saturated rings. The number of amides is 1. The zero-order chi connectivity index (χ0) is 12.5. The van der Waals surface area contributed by atoms with Crippen molar-refractivity contribution in [3.8, 4) is 0 Å². The Morgan fingerprint density at radius 3 is 2.76 bits per heavy atom. The van der Waals surface area contributed by atoms with Crippen LogP contribution < -0.4 is 5.32 Å². The molecule has 0 saturated heterocycles. The van der Waals surface area contributed by atoms with Crippen LogP contribution in [0.15, 0.2) is 24.3 Å². The van der Waals surface area contributed by atoms with E-state index in [0.29, 0.717) is 16.6 Å². The molecule has 4 nitrogen and oxygen atoms in total. The average molecular weight is 243 g/mol. The summed E-state index contributed by atoms with van der Waals surface area (Å²) in [4.78, 5) is 10.6. The van der Waals surface area contributed by atoms with Crippen molar-refractivity contribution in [2.75, 3.05) is 0 Å².